The average Bonchev–Trinajstić information content (AvgIpc) is 3.44. The predicted octanol–water partition coefficient (Wildman–Crippen LogP) is 2.61. The molecule has 0 spiro atoms. The number of hydrogen-bond acceptors (Lipinski definition) is 5. The van der Waals surface area contributed by atoms with Crippen LogP contribution in [-0.2, 0) is 11.3 Å². The molecule has 1 aromatic carbocycles. The number of rotatable bonds is 5. The number of hydrogen-bond donors (Lipinski definition) is 0. The molecular formula is C23H19N3O4S. The first kappa shape index (κ1) is 19.4. The van der Waals surface area contributed by atoms with Crippen LogP contribution in [0.3, 0.4) is 0 Å². The minimum absolute atomic E-state index is 0.0214. The van der Waals surface area contributed by atoms with Crippen molar-refractivity contribution >= 4 is 34.1 Å². The van der Waals surface area contributed by atoms with Crippen LogP contribution < -0.4 is 10.5 Å². The molecule has 156 valence electrons. The number of aromatic nitrogens is 1. The maximum Gasteiger partial charge on any atom is 0.261 e. The molecule has 0 aliphatic carbocycles. The van der Waals surface area contributed by atoms with Gasteiger partial charge in [-0.15, -0.1) is 11.3 Å². The minimum Gasteiger partial charge on any atom is -0.311 e. The summed E-state index contributed by atoms with van der Waals surface area (Å²) in [5.41, 5.74) is 1.72. The summed E-state index contributed by atoms with van der Waals surface area (Å²) >= 11 is 1.45. The van der Waals surface area contributed by atoms with E-state index in [0.717, 1.165) is 10.6 Å². The molecule has 5 rings (SSSR count). The van der Waals surface area contributed by atoms with Crippen LogP contribution in [0.4, 0.5) is 5.00 Å². The fourth-order valence-electron chi connectivity index (χ4n) is 4.16. The van der Waals surface area contributed by atoms with Crippen molar-refractivity contribution in [1.82, 2.24) is 9.47 Å². The smallest absolute Gasteiger partial charge is 0.261 e. The van der Waals surface area contributed by atoms with Crippen molar-refractivity contribution < 1.29 is 14.4 Å². The number of thiophene rings is 1. The average molecular weight is 433 g/mol. The van der Waals surface area contributed by atoms with E-state index in [1.54, 1.807) is 46.0 Å². The van der Waals surface area contributed by atoms with Crippen LogP contribution in [-0.4, -0.2) is 40.3 Å². The Labute approximate surface area is 182 Å². The third-order valence-electron chi connectivity index (χ3n) is 5.68. The van der Waals surface area contributed by atoms with Gasteiger partial charge in [-0.25, -0.2) is 0 Å². The molecule has 1 fully saturated rings. The number of carbonyl (C=O) groups is 3. The second kappa shape index (κ2) is 7.63. The van der Waals surface area contributed by atoms with E-state index in [9.17, 15) is 19.2 Å². The summed E-state index contributed by atoms with van der Waals surface area (Å²) in [6.45, 7) is 1.13. The van der Waals surface area contributed by atoms with E-state index >= 15 is 0 Å². The highest BCUT2D eigenvalue weighted by Crippen LogP contribution is 2.32. The number of pyridine rings is 1. The number of anilines is 1. The lowest BCUT2D eigenvalue weighted by molar-refractivity contribution is -0.117. The summed E-state index contributed by atoms with van der Waals surface area (Å²) in [7, 11) is 0. The molecule has 1 saturated heterocycles. The Kier molecular flexibility index (Phi) is 4.78. The molecular weight excluding hydrogens is 414 g/mol. The van der Waals surface area contributed by atoms with Gasteiger partial charge in [-0.2, -0.15) is 0 Å². The lowest BCUT2D eigenvalue weighted by atomic mass is 10.1. The monoisotopic (exact) mass is 433 g/mol. The van der Waals surface area contributed by atoms with E-state index in [2.05, 4.69) is 0 Å². The molecule has 0 saturated carbocycles. The fourth-order valence-corrected chi connectivity index (χ4v) is 5.09. The largest absolute Gasteiger partial charge is 0.311 e. The summed E-state index contributed by atoms with van der Waals surface area (Å²) in [4.78, 5) is 52.8. The first-order valence-corrected chi connectivity index (χ1v) is 10.9. The maximum absolute atomic E-state index is 12.7. The highest BCUT2D eigenvalue weighted by molar-refractivity contribution is 7.14. The van der Waals surface area contributed by atoms with Crippen LogP contribution in [0, 0.1) is 5.92 Å². The zero-order chi connectivity index (χ0) is 21.5. The summed E-state index contributed by atoms with van der Waals surface area (Å²) in [6.07, 6.45) is 2.03. The topological polar surface area (TPSA) is 79.7 Å². The highest BCUT2D eigenvalue weighted by Gasteiger charge is 2.39. The van der Waals surface area contributed by atoms with Crippen LogP contribution in [0.5, 0.6) is 0 Å². The first-order valence-electron chi connectivity index (χ1n) is 10.00. The molecule has 2 aliphatic heterocycles. The molecule has 0 radical (unpaired) electrons. The van der Waals surface area contributed by atoms with Crippen molar-refractivity contribution in [2.24, 2.45) is 5.92 Å². The van der Waals surface area contributed by atoms with Crippen LogP contribution in [0.1, 0.15) is 32.7 Å². The summed E-state index contributed by atoms with van der Waals surface area (Å²) in [5, 5.41) is 2.76. The number of nitrogens with zero attached hydrogens (tertiary/aromatic N) is 3. The lowest BCUT2D eigenvalue weighted by Gasteiger charge is -2.19. The highest BCUT2D eigenvalue weighted by atomic mass is 32.1. The van der Waals surface area contributed by atoms with Crippen LogP contribution >= 0.6 is 11.3 Å². The Balaban J connectivity index is 1.28. The van der Waals surface area contributed by atoms with Gasteiger partial charge in [-0.1, -0.05) is 18.2 Å². The van der Waals surface area contributed by atoms with Gasteiger partial charge in [-0.3, -0.25) is 24.1 Å². The molecule has 31 heavy (non-hydrogen) atoms. The van der Waals surface area contributed by atoms with E-state index in [1.165, 1.54) is 22.3 Å². The van der Waals surface area contributed by atoms with Gasteiger partial charge in [0.1, 0.15) is 0 Å². The number of carbonyl (C=O) groups excluding carboxylic acids is 3. The van der Waals surface area contributed by atoms with Crippen molar-refractivity contribution in [3.8, 4) is 0 Å². The zero-order valence-electron chi connectivity index (χ0n) is 16.6. The van der Waals surface area contributed by atoms with Crippen molar-refractivity contribution in [1.29, 1.82) is 0 Å². The molecule has 0 bridgehead atoms. The summed E-state index contributed by atoms with van der Waals surface area (Å²) in [6, 6.07) is 13.8. The van der Waals surface area contributed by atoms with Crippen molar-refractivity contribution in [3.63, 3.8) is 0 Å². The molecule has 3 aromatic rings. The standard InChI is InChI=1S/C23H19N3O4S/c27-19-7-3-4-8-24(19)11-16-10-21(31-14-16)25-12-15(9-20(25)28)13-26-22(29)17-5-1-2-6-18(17)23(26)30/h1-8,10,14-15H,9,11-13H2. The fraction of sp³-hybridized carbons (Fsp3) is 0.217. The third kappa shape index (κ3) is 3.48. The Hall–Kier alpha value is -3.52. The van der Waals surface area contributed by atoms with Gasteiger partial charge in [0.2, 0.25) is 5.91 Å². The SMILES string of the molecule is O=C1c2ccccc2C(=O)N1CC1CC(=O)N(c2cc(Cn3ccccc3=O)cs2)C1. The molecule has 1 atom stereocenters. The lowest BCUT2D eigenvalue weighted by Crippen LogP contribution is -2.35. The Morgan fingerprint density at radius 1 is 0.935 bits per heavy atom. The van der Waals surface area contributed by atoms with Gasteiger partial charge in [0.05, 0.1) is 22.7 Å². The van der Waals surface area contributed by atoms with Crippen LogP contribution in [0.15, 0.2) is 64.9 Å². The normalized spacial score (nSPS) is 18.2. The molecule has 4 heterocycles. The Morgan fingerprint density at radius 3 is 2.35 bits per heavy atom. The molecule has 7 nitrogen and oxygen atoms in total. The number of amides is 3. The molecule has 0 N–H and O–H groups in total. The van der Waals surface area contributed by atoms with Crippen molar-refractivity contribution in [2.45, 2.75) is 13.0 Å². The van der Waals surface area contributed by atoms with E-state index in [4.69, 9.17) is 0 Å². The third-order valence-corrected chi connectivity index (χ3v) is 6.68. The minimum atomic E-state index is -0.293. The molecule has 1 unspecified atom stereocenters. The van der Waals surface area contributed by atoms with Gasteiger partial charge in [-0.05, 0) is 35.2 Å². The number of benzene rings is 1. The first-order chi connectivity index (χ1) is 15.0. The summed E-state index contributed by atoms with van der Waals surface area (Å²) in [5.74, 6) is -0.722. The van der Waals surface area contributed by atoms with Gasteiger partial charge >= 0.3 is 0 Å². The zero-order valence-corrected chi connectivity index (χ0v) is 17.4. The van der Waals surface area contributed by atoms with E-state index in [0.29, 0.717) is 30.6 Å². The van der Waals surface area contributed by atoms with Gasteiger partial charge in [0.15, 0.2) is 0 Å². The van der Waals surface area contributed by atoms with Gasteiger partial charge < -0.3 is 9.47 Å². The van der Waals surface area contributed by atoms with Crippen molar-refractivity contribution in [2.75, 3.05) is 18.0 Å². The number of imide groups is 1. The quantitative estimate of drug-likeness (QED) is 0.580. The van der Waals surface area contributed by atoms with E-state index < -0.39 is 0 Å². The van der Waals surface area contributed by atoms with Crippen LogP contribution in [0.25, 0.3) is 0 Å². The van der Waals surface area contributed by atoms with Crippen LogP contribution in [0.2, 0.25) is 0 Å². The van der Waals surface area contributed by atoms with Crippen molar-refractivity contribution in [3.05, 3.63) is 87.2 Å². The molecule has 8 heteroatoms. The second-order valence-electron chi connectivity index (χ2n) is 7.80. The Bertz CT molecular complexity index is 1230. The van der Waals surface area contributed by atoms with Gasteiger partial charge in [0.25, 0.3) is 17.4 Å². The molecule has 3 amide bonds. The van der Waals surface area contributed by atoms with E-state index in [1.807, 2.05) is 17.5 Å². The second-order valence-corrected chi connectivity index (χ2v) is 8.69. The maximum atomic E-state index is 12.7. The number of fused-ring (bicyclic) bond motifs is 1. The van der Waals surface area contributed by atoms with E-state index in [-0.39, 0.29) is 35.7 Å². The molecule has 2 aliphatic rings. The predicted molar refractivity (Wildman–Crippen MR) is 116 cm³/mol. The van der Waals surface area contributed by atoms with Gasteiger partial charge in [0, 0.05) is 37.7 Å². The summed E-state index contributed by atoms with van der Waals surface area (Å²) < 4.78 is 1.61. The molecule has 2 aromatic heterocycles. The Morgan fingerprint density at radius 2 is 1.65 bits per heavy atom.